The third kappa shape index (κ3) is 3.58. The molecule has 2 N–H and O–H groups in total. The topological polar surface area (TPSA) is 35.2 Å². The van der Waals surface area contributed by atoms with Gasteiger partial charge in [-0.1, -0.05) is 35.9 Å². The molecule has 0 saturated heterocycles. The number of hydrogen-bond donors (Lipinski definition) is 1. The van der Waals surface area contributed by atoms with Crippen molar-refractivity contribution in [3.05, 3.63) is 63.6 Å². The lowest BCUT2D eigenvalue weighted by atomic mass is 9.98. The van der Waals surface area contributed by atoms with Gasteiger partial charge in [-0.25, -0.2) is 0 Å². The van der Waals surface area contributed by atoms with Gasteiger partial charge in [0.25, 0.3) is 0 Å². The maximum absolute atomic E-state index is 6.28. The van der Waals surface area contributed by atoms with E-state index in [9.17, 15) is 0 Å². The Morgan fingerprint density at radius 3 is 2.63 bits per heavy atom. The Morgan fingerprint density at radius 1 is 1.21 bits per heavy atom. The highest BCUT2D eigenvalue weighted by Gasteiger charge is 2.09. The maximum Gasteiger partial charge on any atom is 0.133 e. The Hall–Kier alpha value is -1.32. The Bertz CT molecular complexity index is 568. The molecule has 2 aromatic rings. The molecule has 2 rings (SSSR count). The second-order valence-corrected chi connectivity index (χ2v) is 5.55. The summed E-state index contributed by atoms with van der Waals surface area (Å²) in [6, 6.07) is 14.4. The van der Waals surface area contributed by atoms with E-state index in [1.807, 2.05) is 18.2 Å². The summed E-state index contributed by atoms with van der Waals surface area (Å²) in [6.07, 6.45) is 0.834. The van der Waals surface area contributed by atoms with Gasteiger partial charge >= 0.3 is 0 Å². The molecule has 19 heavy (non-hydrogen) atoms. The standard InChI is InChI=1S/C16H18BrNO/c1-11-4-3-5-12(8-11)9-15(18)13-6-7-16(19-2)14(17)10-13/h3-8,10,15H,9,18H2,1-2H3. The molecule has 100 valence electrons. The molecule has 0 aliphatic heterocycles. The first-order valence-electron chi connectivity index (χ1n) is 6.24. The van der Waals surface area contributed by atoms with Crippen molar-refractivity contribution in [3.63, 3.8) is 0 Å². The molecule has 3 heteroatoms. The van der Waals surface area contributed by atoms with Crippen LogP contribution in [0.2, 0.25) is 0 Å². The molecule has 2 aromatic carbocycles. The van der Waals surface area contributed by atoms with Gasteiger partial charge < -0.3 is 10.5 Å². The molecule has 0 bridgehead atoms. The molecular formula is C16H18BrNO. The van der Waals surface area contributed by atoms with Crippen molar-refractivity contribution in [1.29, 1.82) is 0 Å². The molecule has 0 spiro atoms. The highest BCUT2D eigenvalue weighted by molar-refractivity contribution is 9.10. The number of halogens is 1. The maximum atomic E-state index is 6.28. The normalized spacial score (nSPS) is 12.2. The van der Waals surface area contributed by atoms with Crippen molar-refractivity contribution in [3.8, 4) is 5.75 Å². The lowest BCUT2D eigenvalue weighted by Gasteiger charge is -2.14. The number of hydrogen-bond acceptors (Lipinski definition) is 2. The van der Waals surface area contributed by atoms with Gasteiger partial charge in [-0.05, 0) is 52.5 Å². The van der Waals surface area contributed by atoms with Gasteiger partial charge in [0.1, 0.15) is 5.75 Å². The van der Waals surface area contributed by atoms with E-state index < -0.39 is 0 Å². The van der Waals surface area contributed by atoms with Gasteiger partial charge in [0.15, 0.2) is 0 Å². The fourth-order valence-electron chi connectivity index (χ4n) is 2.12. The van der Waals surface area contributed by atoms with E-state index in [0.717, 1.165) is 22.2 Å². The Kier molecular flexibility index (Phi) is 4.61. The average molecular weight is 320 g/mol. The quantitative estimate of drug-likeness (QED) is 0.924. The van der Waals surface area contributed by atoms with Gasteiger partial charge in [-0.15, -0.1) is 0 Å². The van der Waals surface area contributed by atoms with Crippen LogP contribution in [0, 0.1) is 6.92 Å². The number of rotatable bonds is 4. The molecule has 0 aliphatic rings. The summed E-state index contributed by atoms with van der Waals surface area (Å²) >= 11 is 3.49. The van der Waals surface area contributed by atoms with E-state index in [4.69, 9.17) is 10.5 Å². The van der Waals surface area contributed by atoms with Crippen molar-refractivity contribution in [2.75, 3.05) is 7.11 Å². The molecule has 0 aliphatic carbocycles. The lowest BCUT2D eigenvalue weighted by Crippen LogP contribution is -2.13. The van der Waals surface area contributed by atoms with Crippen LogP contribution in [0.25, 0.3) is 0 Å². The molecule has 1 unspecified atom stereocenters. The minimum absolute atomic E-state index is 0.0102. The van der Waals surface area contributed by atoms with E-state index in [1.54, 1.807) is 7.11 Å². The van der Waals surface area contributed by atoms with Crippen LogP contribution in [-0.4, -0.2) is 7.11 Å². The third-order valence-corrected chi connectivity index (χ3v) is 3.76. The summed E-state index contributed by atoms with van der Waals surface area (Å²) in [5.74, 6) is 0.825. The first-order chi connectivity index (χ1) is 9.10. The first kappa shape index (κ1) is 14.1. The molecular weight excluding hydrogens is 302 g/mol. The summed E-state index contributed by atoms with van der Waals surface area (Å²) < 4.78 is 6.16. The lowest BCUT2D eigenvalue weighted by molar-refractivity contribution is 0.412. The van der Waals surface area contributed by atoms with E-state index >= 15 is 0 Å². The van der Waals surface area contributed by atoms with Crippen molar-refractivity contribution in [1.82, 2.24) is 0 Å². The van der Waals surface area contributed by atoms with Crippen molar-refractivity contribution in [2.24, 2.45) is 5.73 Å². The summed E-state index contributed by atoms with van der Waals surface area (Å²) in [7, 11) is 1.66. The zero-order chi connectivity index (χ0) is 13.8. The van der Waals surface area contributed by atoms with E-state index in [0.29, 0.717) is 0 Å². The van der Waals surface area contributed by atoms with Crippen LogP contribution in [-0.2, 0) is 6.42 Å². The van der Waals surface area contributed by atoms with Crippen molar-refractivity contribution in [2.45, 2.75) is 19.4 Å². The monoisotopic (exact) mass is 319 g/mol. The zero-order valence-electron chi connectivity index (χ0n) is 11.2. The van der Waals surface area contributed by atoms with Crippen LogP contribution in [0.5, 0.6) is 5.75 Å². The van der Waals surface area contributed by atoms with Gasteiger partial charge in [0, 0.05) is 6.04 Å². The number of ether oxygens (including phenoxy) is 1. The summed E-state index contributed by atoms with van der Waals surface area (Å²) in [4.78, 5) is 0. The molecule has 0 heterocycles. The Labute approximate surface area is 122 Å². The van der Waals surface area contributed by atoms with Crippen molar-refractivity contribution < 1.29 is 4.74 Å². The SMILES string of the molecule is COc1ccc(C(N)Cc2cccc(C)c2)cc1Br. The predicted molar refractivity (Wildman–Crippen MR) is 82.5 cm³/mol. The number of methoxy groups -OCH3 is 1. The predicted octanol–water partition coefficient (Wildman–Crippen LogP) is 4.01. The van der Waals surface area contributed by atoms with E-state index in [1.165, 1.54) is 11.1 Å². The molecule has 1 atom stereocenters. The average Bonchev–Trinajstić information content (AvgIpc) is 2.38. The van der Waals surface area contributed by atoms with Gasteiger partial charge in [0.05, 0.1) is 11.6 Å². The number of nitrogens with two attached hydrogens (primary N) is 1. The molecule has 0 aromatic heterocycles. The van der Waals surface area contributed by atoms with Crippen LogP contribution in [0.4, 0.5) is 0 Å². The fraction of sp³-hybridized carbons (Fsp3) is 0.250. The van der Waals surface area contributed by atoms with Crippen molar-refractivity contribution >= 4 is 15.9 Å². The first-order valence-corrected chi connectivity index (χ1v) is 7.04. The van der Waals surface area contributed by atoms with Gasteiger partial charge in [-0.2, -0.15) is 0 Å². The summed E-state index contributed by atoms with van der Waals surface area (Å²) in [5.41, 5.74) is 9.91. The van der Waals surface area contributed by atoms with Gasteiger partial charge in [-0.3, -0.25) is 0 Å². The van der Waals surface area contributed by atoms with E-state index in [-0.39, 0.29) is 6.04 Å². The number of benzene rings is 2. The van der Waals surface area contributed by atoms with Gasteiger partial charge in [0.2, 0.25) is 0 Å². The summed E-state index contributed by atoms with van der Waals surface area (Å²) in [6.45, 7) is 2.10. The van der Waals surface area contributed by atoms with Crippen LogP contribution < -0.4 is 10.5 Å². The Balaban J connectivity index is 2.15. The minimum Gasteiger partial charge on any atom is -0.496 e. The molecule has 0 amide bonds. The largest absolute Gasteiger partial charge is 0.496 e. The second-order valence-electron chi connectivity index (χ2n) is 4.69. The van der Waals surface area contributed by atoms with Crippen LogP contribution in [0.3, 0.4) is 0 Å². The molecule has 0 saturated carbocycles. The smallest absolute Gasteiger partial charge is 0.133 e. The molecule has 0 radical (unpaired) electrons. The van der Waals surface area contributed by atoms with Crippen LogP contribution in [0.1, 0.15) is 22.7 Å². The fourth-order valence-corrected chi connectivity index (χ4v) is 2.68. The minimum atomic E-state index is -0.0102. The summed E-state index contributed by atoms with van der Waals surface area (Å²) in [5, 5.41) is 0. The second kappa shape index (κ2) is 6.22. The zero-order valence-corrected chi connectivity index (χ0v) is 12.8. The van der Waals surface area contributed by atoms with Crippen LogP contribution in [0.15, 0.2) is 46.9 Å². The molecule has 2 nitrogen and oxygen atoms in total. The molecule has 0 fully saturated rings. The third-order valence-electron chi connectivity index (χ3n) is 3.14. The highest BCUT2D eigenvalue weighted by atomic mass is 79.9. The number of aryl methyl sites for hydroxylation is 1. The highest BCUT2D eigenvalue weighted by Crippen LogP contribution is 2.28. The van der Waals surface area contributed by atoms with Crippen LogP contribution >= 0.6 is 15.9 Å². The van der Waals surface area contributed by atoms with E-state index in [2.05, 4.69) is 47.1 Å². The Morgan fingerprint density at radius 2 is 2.00 bits per heavy atom.